The van der Waals surface area contributed by atoms with E-state index >= 15 is 0 Å². The van der Waals surface area contributed by atoms with Gasteiger partial charge in [-0.2, -0.15) is 0 Å². The van der Waals surface area contributed by atoms with Gasteiger partial charge in [0.25, 0.3) is 0 Å². The van der Waals surface area contributed by atoms with E-state index < -0.39 is 0 Å². The van der Waals surface area contributed by atoms with Gasteiger partial charge >= 0.3 is 0 Å². The summed E-state index contributed by atoms with van der Waals surface area (Å²) in [4.78, 5) is 9.02. The van der Waals surface area contributed by atoms with Gasteiger partial charge in [0.05, 0.1) is 16.7 Å². The molecular formula is C14H18N2. The average Bonchev–Trinajstić information content (AvgIpc) is 2.26. The second-order valence-electron chi connectivity index (χ2n) is 5.17. The first kappa shape index (κ1) is 11.1. The first-order valence-electron chi connectivity index (χ1n) is 5.77. The van der Waals surface area contributed by atoms with Crippen molar-refractivity contribution >= 4 is 11.0 Å². The number of hydrogen-bond donors (Lipinski definition) is 0. The van der Waals surface area contributed by atoms with Gasteiger partial charge in [0.2, 0.25) is 0 Å². The number of fused-ring (bicyclic) bond motifs is 1. The van der Waals surface area contributed by atoms with Crippen LogP contribution in [-0.2, 0) is 11.8 Å². The third-order valence-corrected chi connectivity index (χ3v) is 2.82. The Morgan fingerprint density at radius 2 is 1.88 bits per heavy atom. The van der Waals surface area contributed by atoms with Gasteiger partial charge in [-0.1, -0.05) is 33.8 Å². The van der Waals surface area contributed by atoms with Gasteiger partial charge < -0.3 is 0 Å². The fourth-order valence-electron chi connectivity index (χ4n) is 1.69. The Labute approximate surface area is 96.7 Å². The van der Waals surface area contributed by atoms with Crippen LogP contribution in [0.2, 0.25) is 0 Å². The molecule has 0 atom stereocenters. The molecule has 0 saturated heterocycles. The second-order valence-corrected chi connectivity index (χ2v) is 5.17. The molecule has 84 valence electrons. The molecule has 16 heavy (non-hydrogen) atoms. The molecule has 0 bridgehead atoms. The highest BCUT2D eigenvalue weighted by molar-refractivity contribution is 5.75. The van der Waals surface area contributed by atoms with E-state index in [0.29, 0.717) is 0 Å². The minimum atomic E-state index is 0.166. The summed E-state index contributed by atoms with van der Waals surface area (Å²) in [7, 11) is 0. The standard InChI is InChI=1S/C14H18N2/c1-5-11-9-15-13-8-10(14(2,3)4)6-7-12(13)16-11/h6-9H,5H2,1-4H3. The molecule has 0 radical (unpaired) electrons. The van der Waals surface area contributed by atoms with Gasteiger partial charge in [-0.25, -0.2) is 4.98 Å². The highest BCUT2D eigenvalue weighted by Crippen LogP contribution is 2.24. The van der Waals surface area contributed by atoms with E-state index in [0.717, 1.165) is 23.1 Å². The van der Waals surface area contributed by atoms with E-state index in [-0.39, 0.29) is 5.41 Å². The highest BCUT2D eigenvalue weighted by atomic mass is 14.8. The highest BCUT2D eigenvalue weighted by Gasteiger charge is 2.14. The van der Waals surface area contributed by atoms with Gasteiger partial charge in [-0.15, -0.1) is 0 Å². The van der Waals surface area contributed by atoms with E-state index in [1.807, 2.05) is 6.20 Å². The fourth-order valence-corrected chi connectivity index (χ4v) is 1.69. The lowest BCUT2D eigenvalue weighted by molar-refractivity contribution is 0.591. The molecule has 1 heterocycles. The summed E-state index contributed by atoms with van der Waals surface area (Å²) in [6.45, 7) is 8.73. The number of nitrogens with zero attached hydrogens (tertiary/aromatic N) is 2. The Bertz CT molecular complexity index is 510. The van der Waals surface area contributed by atoms with Gasteiger partial charge in [-0.05, 0) is 29.5 Å². The van der Waals surface area contributed by atoms with Crippen LogP contribution in [0.15, 0.2) is 24.4 Å². The molecule has 0 amide bonds. The zero-order valence-electron chi connectivity index (χ0n) is 10.4. The van der Waals surface area contributed by atoms with Crippen molar-refractivity contribution < 1.29 is 0 Å². The quantitative estimate of drug-likeness (QED) is 0.726. The van der Waals surface area contributed by atoms with Crippen molar-refractivity contribution in [1.82, 2.24) is 9.97 Å². The molecule has 0 unspecified atom stereocenters. The molecule has 2 heteroatoms. The van der Waals surface area contributed by atoms with Crippen molar-refractivity contribution in [3.8, 4) is 0 Å². The minimum absolute atomic E-state index is 0.166. The van der Waals surface area contributed by atoms with Gasteiger partial charge in [0.1, 0.15) is 0 Å². The number of aryl methyl sites for hydroxylation is 1. The van der Waals surface area contributed by atoms with E-state index in [4.69, 9.17) is 0 Å². The third-order valence-electron chi connectivity index (χ3n) is 2.82. The molecule has 1 aromatic heterocycles. The smallest absolute Gasteiger partial charge is 0.0890 e. The summed E-state index contributed by atoms with van der Waals surface area (Å²) in [6, 6.07) is 6.36. The van der Waals surface area contributed by atoms with Crippen LogP contribution in [-0.4, -0.2) is 9.97 Å². The van der Waals surface area contributed by atoms with Crippen LogP contribution < -0.4 is 0 Å². The van der Waals surface area contributed by atoms with E-state index in [1.54, 1.807) is 0 Å². The van der Waals surface area contributed by atoms with Crippen molar-refractivity contribution in [1.29, 1.82) is 0 Å². The van der Waals surface area contributed by atoms with Gasteiger partial charge in [-0.3, -0.25) is 4.98 Å². The third kappa shape index (κ3) is 2.06. The summed E-state index contributed by atoms with van der Waals surface area (Å²) < 4.78 is 0. The van der Waals surface area contributed by atoms with Crippen molar-refractivity contribution in [2.24, 2.45) is 0 Å². The molecular weight excluding hydrogens is 196 g/mol. The van der Waals surface area contributed by atoms with Crippen LogP contribution in [0.5, 0.6) is 0 Å². The first-order valence-corrected chi connectivity index (χ1v) is 5.77. The Morgan fingerprint density at radius 3 is 2.50 bits per heavy atom. The lowest BCUT2D eigenvalue weighted by Crippen LogP contribution is -2.10. The predicted octanol–water partition coefficient (Wildman–Crippen LogP) is 3.49. The monoisotopic (exact) mass is 214 g/mol. The van der Waals surface area contributed by atoms with Crippen LogP contribution in [0.25, 0.3) is 11.0 Å². The lowest BCUT2D eigenvalue weighted by Gasteiger charge is -2.19. The Kier molecular flexibility index (Phi) is 2.66. The van der Waals surface area contributed by atoms with Crippen molar-refractivity contribution in [3.05, 3.63) is 35.7 Å². The number of benzene rings is 1. The summed E-state index contributed by atoms with van der Waals surface area (Å²) in [5.41, 5.74) is 4.51. The second kappa shape index (κ2) is 3.85. The molecule has 0 saturated carbocycles. The van der Waals surface area contributed by atoms with Crippen LogP contribution >= 0.6 is 0 Å². The Balaban J connectivity index is 2.56. The predicted molar refractivity (Wildman–Crippen MR) is 67.6 cm³/mol. The Hall–Kier alpha value is -1.44. The van der Waals surface area contributed by atoms with Gasteiger partial charge in [0, 0.05) is 6.20 Å². The molecule has 0 N–H and O–H groups in total. The molecule has 0 aliphatic rings. The number of rotatable bonds is 1. The number of aromatic nitrogens is 2. The average molecular weight is 214 g/mol. The lowest BCUT2D eigenvalue weighted by atomic mass is 9.87. The zero-order chi connectivity index (χ0) is 11.8. The molecule has 2 aromatic rings. The van der Waals surface area contributed by atoms with Gasteiger partial charge in [0.15, 0.2) is 0 Å². The van der Waals surface area contributed by atoms with Crippen molar-refractivity contribution in [2.45, 2.75) is 39.5 Å². The molecule has 0 aliphatic heterocycles. The molecule has 2 nitrogen and oxygen atoms in total. The summed E-state index contributed by atoms with van der Waals surface area (Å²) in [5.74, 6) is 0. The van der Waals surface area contributed by atoms with E-state index in [1.165, 1.54) is 5.56 Å². The largest absolute Gasteiger partial charge is 0.253 e. The summed E-state index contributed by atoms with van der Waals surface area (Å²) in [5, 5.41) is 0. The van der Waals surface area contributed by atoms with E-state index in [9.17, 15) is 0 Å². The normalized spacial score (nSPS) is 12.0. The van der Waals surface area contributed by atoms with Crippen molar-refractivity contribution in [2.75, 3.05) is 0 Å². The summed E-state index contributed by atoms with van der Waals surface area (Å²) in [6.07, 6.45) is 2.80. The summed E-state index contributed by atoms with van der Waals surface area (Å²) >= 11 is 0. The maximum Gasteiger partial charge on any atom is 0.0890 e. The van der Waals surface area contributed by atoms with Crippen LogP contribution in [0.1, 0.15) is 39.0 Å². The maximum absolute atomic E-state index is 4.55. The first-order chi connectivity index (χ1) is 7.50. The maximum atomic E-state index is 4.55. The van der Waals surface area contributed by atoms with Crippen LogP contribution in [0, 0.1) is 0 Å². The topological polar surface area (TPSA) is 25.8 Å². The molecule has 0 spiro atoms. The minimum Gasteiger partial charge on any atom is -0.253 e. The fraction of sp³-hybridized carbons (Fsp3) is 0.429. The van der Waals surface area contributed by atoms with E-state index in [2.05, 4.69) is 55.9 Å². The van der Waals surface area contributed by atoms with Crippen LogP contribution in [0.3, 0.4) is 0 Å². The Morgan fingerprint density at radius 1 is 1.12 bits per heavy atom. The van der Waals surface area contributed by atoms with Crippen LogP contribution in [0.4, 0.5) is 0 Å². The SMILES string of the molecule is CCc1cnc2cc(C(C)(C)C)ccc2n1. The van der Waals surface area contributed by atoms with Crippen molar-refractivity contribution in [3.63, 3.8) is 0 Å². The molecule has 0 fully saturated rings. The molecule has 2 rings (SSSR count). The number of hydrogen-bond acceptors (Lipinski definition) is 2. The molecule has 0 aliphatic carbocycles. The molecule has 1 aromatic carbocycles. The zero-order valence-corrected chi connectivity index (χ0v) is 10.4.